The summed E-state index contributed by atoms with van der Waals surface area (Å²) in [6.07, 6.45) is 3.39. The monoisotopic (exact) mass is 195 g/mol. The van der Waals surface area contributed by atoms with Gasteiger partial charge in [-0.05, 0) is 14.1 Å². The molecular weight excluding hydrogens is 178 g/mol. The minimum absolute atomic E-state index is 0.0844. The molecule has 0 saturated carbocycles. The van der Waals surface area contributed by atoms with Gasteiger partial charge in [0.15, 0.2) is 5.43 Å². The van der Waals surface area contributed by atoms with Crippen LogP contribution < -0.4 is 10.7 Å². The maximum Gasteiger partial charge on any atom is 0.186 e. The second-order valence-corrected chi connectivity index (χ2v) is 3.51. The van der Waals surface area contributed by atoms with Gasteiger partial charge in [0.1, 0.15) is 0 Å². The summed E-state index contributed by atoms with van der Waals surface area (Å²) in [5, 5.41) is 3.21. The third-order valence-electron chi connectivity index (χ3n) is 1.96. The van der Waals surface area contributed by atoms with Crippen LogP contribution in [0.15, 0.2) is 23.3 Å². The average molecular weight is 195 g/mol. The van der Waals surface area contributed by atoms with Gasteiger partial charge in [-0.3, -0.25) is 4.79 Å². The molecule has 0 aliphatic heterocycles. The van der Waals surface area contributed by atoms with Crippen LogP contribution in [0.3, 0.4) is 0 Å². The van der Waals surface area contributed by atoms with E-state index in [1.807, 2.05) is 14.1 Å². The van der Waals surface area contributed by atoms with Crippen LogP contribution in [0, 0.1) is 0 Å². The summed E-state index contributed by atoms with van der Waals surface area (Å²) in [4.78, 5) is 16.3. The van der Waals surface area contributed by atoms with Crippen LogP contribution in [0.1, 0.15) is 5.56 Å². The number of H-pyrrole nitrogens is 1. The molecule has 1 aromatic heterocycles. The van der Waals surface area contributed by atoms with Crippen LogP contribution in [-0.4, -0.2) is 37.1 Å². The molecule has 0 radical (unpaired) electrons. The molecule has 1 heterocycles. The van der Waals surface area contributed by atoms with Crippen LogP contribution in [0.2, 0.25) is 0 Å². The second kappa shape index (κ2) is 5.57. The highest BCUT2D eigenvalue weighted by Gasteiger charge is 1.96. The number of aromatic amines is 1. The van der Waals surface area contributed by atoms with Crippen molar-refractivity contribution in [2.24, 2.45) is 0 Å². The van der Waals surface area contributed by atoms with Crippen molar-refractivity contribution >= 4 is 0 Å². The van der Waals surface area contributed by atoms with Crippen molar-refractivity contribution < 1.29 is 0 Å². The lowest BCUT2D eigenvalue weighted by molar-refractivity contribution is 0.400. The number of nitrogens with zero attached hydrogens (tertiary/aromatic N) is 1. The molecule has 0 bridgehead atoms. The van der Waals surface area contributed by atoms with E-state index in [9.17, 15) is 4.79 Å². The Kier molecular flexibility index (Phi) is 4.35. The minimum Gasteiger partial charge on any atom is -0.367 e. The average Bonchev–Trinajstić information content (AvgIpc) is 2.15. The summed E-state index contributed by atoms with van der Waals surface area (Å²) in [7, 11) is 4.05. The van der Waals surface area contributed by atoms with Crippen LogP contribution >= 0.6 is 0 Å². The van der Waals surface area contributed by atoms with E-state index in [1.165, 1.54) is 0 Å². The third kappa shape index (κ3) is 3.72. The third-order valence-corrected chi connectivity index (χ3v) is 1.96. The molecule has 0 unspecified atom stereocenters. The topological polar surface area (TPSA) is 48.1 Å². The zero-order chi connectivity index (χ0) is 10.4. The van der Waals surface area contributed by atoms with Crippen molar-refractivity contribution in [1.29, 1.82) is 0 Å². The molecule has 0 aromatic carbocycles. The van der Waals surface area contributed by atoms with Gasteiger partial charge in [-0.15, -0.1) is 0 Å². The maximum atomic E-state index is 11.3. The molecule has 2 N–H and O–H groups in total. The van der Waals surface area contributed by atoms with Gasteiger partial charge in [0.05, 0.1) is 0 Å². The quantitative estimate of drug-likeness (QED) is 0.651. The largest absolute Gasteiger partial charge is 0.367 e. The van der Waals surface area contributed by atoms with E-state index in [-0.39, 0.29) is 5.43 Å². The number of hydrogen-bond acceptors (Lipinski definition) is 3. The Balaban J connectivity index is 2.32. The SMILES string of the molecule is CN(C)CCNCc1c[nH]ccc1=O. The van der Waals surface area contributed by atoms with Gasteiger partial charge in [0.2, 0.25) is 0 Å². The molecule has 0 saturated heterocycles. The lowest BCUT2D eigenvalue weighted by Crippen LogP contribution is -2.27. The van der Waals surface area contributed by atoms with Crippen LogP contribution in [0.4, 0.5) is 0 Å². The first-order valence-electron chi connectivity index (χ1n) is 4.71. The fourth-order valence-corrected chi connectivity index (χ4v) is 1.11. The van der Waals surface area contributed by atoms with Gasteiger partial charge in [-0.25, -0.2) is 0 Å². The second-order valence-electron chi connectivity index (χ2n) is 3.51. The fraction of sp³-hybridized carbons (Fsp3) is 0.500. The molecule has 78 valence electrons. The highest BCUT2D eigenvalue weighted by Crippen LogP contribution is 1.86. The Bertz CT molecular complexity index is 319. The molecular formula is C10H17N3O. The summed E-state index contributed by atoms with van der Waals surface area (Å²) < 4.78 is 0. The van der Waals surface area contributed by atoms with Crippen LogP contribution in [-0.2, 0) is 6.54 Å². The van der Waals surface area contributed by atoms with Gasteiger partial charge in [-0.1, -0.05) is 0 Å². The first-order chi connectivity index (χ1) is 6.70. The molecule has 4 nitrogen and oxygen atoms in total. The van der Waals surface area contributed by atoms with E-state index in [2.05, 4.69) is 15.2 Å². The summed E-state index contributed by atoms with van der Waals surface area (Å²) in [5.41, 5.74) is 0.868. The summed E-state index contributed by atoms with van der Waals surface area (Å²) >= 11 is 0. The van der Waals surface area contributed by atoms with E-state index < -0.39 is 0 Å². The van der Waals surface area contributed by atoms with Crippen molar-refractivity contribution in [3.8, 4) is 0 Å². The Morgan fingerprint density at radius 1 is 1.50 bits per heavy atom. The van der Waals surface area contributed by atoms with Crippen LogP contribution in [0.25, 0.3) is 0 Å². The summed E-state index contributed by atoms with van der Waals surface area (Å²) in [6, 6.07) is 1.54. The molecule has 4 heteroatoms. The Hall–Kier alpha value is -1.13. The van der Waals surface area contributed by atoms with Crippen molar-refractivity contribution in [3.63, 3.8) is 0 Å². The number of likely N-dealkylation sites (N-methyl/N-ethyl adjacent to an activating group) is 1. The van der Waals surface area contributed by atoms with Crippen LogP contribution in [0.5, 0.6) is 0 Å². The zero-order valence-corrected chi connectivity index (χ0v) is 8.71. The normalized spacial score (nSPS) is 10.8. The van der Waals surface area contributed by atoms with Gasteiger partial charge < -0.3 is 15.2 Å². The number of pyridine rings is 1. The fourth-order valence-electron chi connectivity index (χ4n) is 1.11. The number of hydrogen-bond donors (Lipinski definition) is 2. The molecule has 0 atom stereocenters. The van der Waals surface area contributed by atoms with Gasteiger partial charge in [0.25, 0.3) is 0 Å². The molecule has 1 rings (SSSR count). The van der Waals surface area contributed by atoms with E-state index in [4.69, 9.17) is 0 Å². The minimum atomic E-state index is 0.0844. The summed E-state index contributed by atoms with van der Waals surface area (Å²) in [6.45, 7) is 2.50. The number of aromatic nitrogens is 1. The van der Waals surface area contributed by atoms with Crippen molar-refractivity contribution in [3.05, 3.63) is 34.2 Å². The Labute approximate surface area is 83.9 Å². The molecule has 0 aliphatic carbocycles. The smallest absolute Gasteiger partial charge is 0.186 e. The molecule has 0 fully saturated rings. The van der Waals surface area contributed by atoms with E-state index >= 15 is 0 Å². The Morgan fingerprint density at radius 2 is 2.29 bits per heavy atom. The predicted molar refractivity (Wildman–Crippen MR) is 57.3 cm³/mol. The molecule has 1 aromatic rings. The molecule has 0 spiro atoms. The highest BCUT2D eigenvalue weighted by atomic mass is 16.1. The van der Waals surface area contributed by atoms with Gasteiger partial charge in [0, 0.05) is 43.7 Å². The van der Waals surface area contributed by atoms with Gasteiger partial charge in [-0.2, -0.15) is 0 Å². The molecule has 14 heavy (non-hydrogen) atoms. The van der Waals surface area contributed by atoms with Gasteiger partial charge >= 0.3 is 0 Å². The lowest BCUT2D eigenvalue weighted by atomic mass is 10.3. The number of rotatable bonds is 5. The molecule has 0 aliphatic rings. The van der Waals surface area contributed by atoms with E-state index in [0.29, 0.717) is 6.54 Å². The standard InChI is InChI=1S/C10H17N3O/c1-13(2)6-5-12-8-9-7-11-4-3-10(9)14/h3-4,7,12H,5-6,8H2,1-2H3,(H,11,14). The number of nitrogens with one attached hydrogen (secondary N) is 2. The zero-order valence-electron chi connectivity index (χ0n) is 8.71. The van der Waals surface area contributed by atoms with E-state index in [1.54, 1.807) is 18.5 Å². The van der Waals surface area contributed by atoms with E-state index in [0.717, 1.165) is 18.7 Å². The first-order valence-corrected chi connectivity index (χ1v) is 4.71. The lowest BCUT2D eigenvalue weighted by Gasteiger charge is -2.09. The summed E-state index contributed by atoms with van der Waals surface area (Å²) in [5.74, 6) is 0. The first kappa shape index (κ1) is 10.9. The maximum absolute atomic E-state index is 11.3. The molecule has 0 amide bonds. The van der Waals surface area contributed by atoms with Crippen molar-refractivity contribution in [2.75, 3.05) is 27.2 Å². The van der Waals surface area contributed by atoms with Crippen molar-refractivity contribution in [2.45, 2.75) is 6.54 Å². The predicted octanol–water partition coefficient (Wildman–Crippen LogP) is 0.0261. The van der Waals surface area contributed by atoms with Crippen molar-refractivity contribution in [1.82, 2.24) is 15.2 Å². The highest BCUT2D eigenvalue weighted by molar-refractivity contribution is 5.08. The Morgan fingerprint density at radius 3 is 2.93 bits per heavy atom.